The fourth-order valence-corrected chi connectivity index (χ4v) is 2.06. The summed E-state index contributed by atoms with van der Waals surface area (Å²) in [6.07, 6.45) is 1.41. The molecule has 20 heavy (non-hydrogen) atoms. The predicted octanol–water partition coefficient (Wildman–Crippen LogP) is 2.60. The second-order valence-corrected chi connectivity index (χ2v) is 4.64. The molecule has 0 fully saturated rings. The quantitative estimate of drug-likeness (QED) is 0.838. The molecule has 1 aromatic carbocycles. The predicted molar refractivity (Wildman–Crippen MR) is 81.6 cm³/mol. The molecule has 1 rings (SSSR count). The highest BCUT2D eigenvalue weighted by atomic mass is 16.2. The Labute approximate surface area is 121 Å². The molecule has 1 N–H and O–H groups in total. The lowest BCUT2D eigenvalue weighted by Gasteiger charge is -2.21. The van der Waals surface area contributed by atoms with Crippen LogP contribution in [0.5, 0.6) is 0 Å². The molecule has 0 aromatic heterocycles. The van der Waals surface area contributed by atoms with Crippen LogP contribution in [-0.2, 0) is 0 Å². The number of rotatable bonds is 5. The van der Waals surface area contributed by atoms with Crippen molar-refractivity contribution < 1.29 is 9.90 Å². The van der Waals surface area contributed by atoms with Crippen molar-refractivity contribution in [1.29, 1.82) is 0 Å². The SMILES string of the molecule is CCCN(CC)C(=O)c1cccc(C#CCCO)c1C. The Balaban J connectivity index is 3.05. The second kappa shape index (κ2) is 8.39. The van der Waals surface area contributed by atoms with Crippen molar-refractivity contribution in [2.45, 2.75) is 33.6 Å². The number of hydrogen-bond donors (Lipinski definition) is 1. The fourth-order valence-electron chi connectivity index (χ4n) is 2.06. The van der Waals surface area contributed by atoms with Gasteiger partial charge >= 0.3 is 0 Å². The number of carbonyl (C=O) groups is 1. The van der Waals surface area contributed by atoms with Gasteiger partial charge in [0.1, 0.15) is 0 Å². The van der Waals surface area contributed by atoms with Crippen LogP contribution in [0, 0.1) is 18.8 Å². The average Bonchev–Trinajstić information content (AvgIpc) is 2.46. The lowest BCUT2D eigenvalue weighted by molar-refractivity contribution is 0.0763. The van der Waals surface area contributed by atoms with E-state index in [0.29, 0.717) is 13.0 Å². The highest BCUT2D eigenvalue weighted by Gasteiger charge is 2.16. The van der Waals surface area contributed by atoms with Crippen molar-refractivity contribution in [1.82, 2.24) is 4.90 Å². The molecule has 0 unspecified atom stereocenters. The zero-order valence-electron chi connectivity index (χ0n) is 12.6. The van der Waals surface area contributed by atoms with E-state index in [-0.39, 0.29) is 12.5 Å². The van der Waals surface area contributed by atoms with Crippen molar-refractivity contribution in [2.24, 2.45) is 0 Å². The number of carbonyl (C=O) groups excluding carboxylic acids is 1. The summed E-state index contributed by atoms with van der Waals surface area (Å²) in [4.78, 5) is 14.4. The Morgan fingerprint density at radius 3 is 2.70 bits per heavy atom. The summed E-state index contributed by atoms with van der Waals surface area (Å²) in [6.45, 7) is 7.54. The maximum atomic E-state index is 12.5. The molecule has 3 heteroatoms. The van der Waals surface area contributed by atoms with E-state index in [9.17, 15) is 4.79 Å². The highest BCUT2D eigenvalue weighted by Crippen LogP contribution is 2.15. The first kappa shape index (κ1) is 16.3. The highest BCUT2D eigenvalue weighted by molar-refractivity contribution is 5.96. The van der Waals surface area contributed by atoms with Crippen LogP contribution in [0.4, 0.5) is 0 Å². The van der Waals surface area contributed by atoms with Gasteiger partial charge in [-0.15, -0.1) is 0 Å². The van der Waals surface area contributed by atoms with Crippen molar-refractivity contribution in [3.63, 3.8) is 0 Å². The minimum Gasteiger partial charge on any atom is -0.395 e. The van der Waals surface area contributed by atoms with Gasteiger partial charge in [-0.3, -0.25) is 4.79 Å². The van der Waals surface area contributed by atoms with Gasteiger partial charge in [-0.1, -0.05) is 24.8 Å². The molecule has 3 nitrogen and oxygen atoms in total. The third kappa shape index (κ3) is 4.11. The molecule has 0 aliphatic carbocycles. The first-order chi connectivity index (χ1) is 9.65. The van der Waals surface area contributed by atoms with Crippen molar-refractivity contribution in [2.75, 3.05) is 19.7 Å². The molecule has 0 atom stereocenters. The van der Waals surface area contributed by atoms with Crippen molar-refractivity contribution in [3.8, 4) is 11.8 Å². The zero-order valence-corrected chi connectivity index (χ0v) is 12.6. The normalized spacial score (nSPS) is 9.80. The molecular formula is C17H23NO2. The van der Waals surface area contributed by atoms with E-state index in [1.807, 2.05) is 36.9 Å². The smallest absolute Gasteiger partial charge is 0.254 e. The van der Waals surface area contributed by atoms with E-state index in [2.05, 4.69) is 18.8 Å². The van der Waals surface area contributed by atoms with Crippen molar-refractivity contribution >= 4 is 5.91 Å². The van der Waals surface area contributed by atoms with E-state index >= 15 is 0 Å². The molecule has 0 heterocycles. The maximum absolute atomic E-state index is 12.5. The molecule has 1 aromatic rings. The Morgan fingerprint density at radius 1 is 1.35 bits per heavy atom. The van der Waals surface area contributed by atoms with Crippen LogP contribution in [0.3, 0.4) is 0 Å². The Morgan fingerprint density at radius 2 is 2.10 bits per heavy atom. The summed E-state index contributed by atoms with van der Waals surface area (Å²) >= 11 is 0. The largest absolute Gasteiger partial charge is 0.395 e. The van der Waals surface area contributed by atoms with Crippen LogP contribution in [0.1, 0.15) is 48.2 Å². The van der Waals surface area contributed by atoms with Gasteiger partial charge in [0.2, 0.25) is 0 Å². The van der Waals surface area contributed by atoms with E-state index in [1.54, 1.807) is 0 Å². The molecule has 0 aliphatic rings. The summed E-state index contributed by atoms with van der Waals surface area (Å²) in [5.41, 5.74) is 2.49. The van der Waals surface area contributed by atoms with E-state index in [0.717, 1.165) is 29.7 Å². The Kier molecular flexibility index (Phi) is 6.83. The second-order valence-electron chi connectivity index (χ2n) is 4.64. The van der Waals surface area contributed by atoms with Crippen molar-refractivity contribution in [3.05, 3.63) is 34.9 Å². The number of benzene rings is 1. The molecule has 0 saturated carbocycles. The topological polar surface area (TPSA) is 40.5 Å². The molecular weight excluding hydrogens is 250 g/mol. The first-order valence-electron chi connectivity index (χ1n) is 7.14. The Bertz CT molecular complexity index is 511. The summed E-state index contributed by atoms with van der Waals surface area (Å²) in [5.74, 6) is 5.99. The molecule has 0 saturated heterocycles. The number of aliphatic hydroxyl groups is 1. The fraction of sp³-hybridized carbons (Fsp3) is 0.471. The minimum atomic E-state index is 0.0603. The summed E-state index contributed by atoms with van der Waals surface area (Å²) in [6, 6.07) is 5.63. The average molecular weight is 273 g/mol. The van der Waals surface area contributed by atoms with Gasteiger partial charge < -0.3 is 10.0 Å². The molecule has 108 valence electrons. The van der Waals surface area contributed by atoms with Crippen LogP contribution in [0.2, 0.25) is 0 Å². The van der Waals surface area contributed by atoms with Gasteiger partial charge in [-0.05, 0) is 38.0 Å². The van der Waals surface area contributed by atoms with Crippen LogP contribution in [-0.4, -0.2) is 35.6 Å². The van der Waals surface area contributed by atoms with E-state index in [1.165, 1.54) is 0 Å². The number of aliphatic hydroxyl groups excluding tert-OH is 1. The van der Waals surface area contributed by atoms with Gasteiger partial charge in [0.25, 0.3) is 5.91 Å². The lowest BCUT2D eigenvalue weighted by atomic mass is 10.0. The standard InChI is InChI=1S/C17H23NO2/c1-4-12-18(5-2)17(20)16-11-8-10-15(14(16)3)9-6-7-13-19/h8,10-11,19H,4-5,7,12-13H2,1-3H3. The van der Waals surface area contributed by atoms with Crippen LogP contribution in [0.25, 0.3) is 0 Å². The molecule has 0 spiro atoms. The summed E-state index contributed by atoms with van der Waals surface area (Å²) in [7, 11) is 0. The Hall–Kier alpha value is -1.79. The minimum absolute atomic E-state index is 0.0603. The maximum Gasteiger partial charge on any atom is 0.254 e. The number of nitrogens with zero attached hydrogens (tertiary/aromatic N) is 1. The first-order valence-corrected chi connectivity index (χ1v) is 7.14. The molecule has 1 amide bonds. The van der Waals surface area contributed by atoms with Gasteiger partial charge in [0, 0.05) is 30.6 Å². The summed E-state index contributed by atoms with van der Waals surface area (Å²) in [5, 5.41) is 8.76. The number of hydrogen-bond acceptors (Lipinski definition) is 2. The van der Waals surface area contributed by atoms with E-state index < -0.39 is 0 Å². The molecule has 0 aliphatic heterocycles. The van der Waals surface area contributed by atoms with E-state index in [4.69, 9.17) is 5.11 Å². The van der Waals surface area contributed by atoms with Crippen LogP contribution in [0.15, 0.2) is 18.2 Å². The summed E-state index contributed by atoms with van der Waals surface area (Å²) < 4.78 is 0. The lowest BCUT2D eigenvalue weighted by Crippen LogP contribution is -2.32. The van der Waals surface area contributed by atoms with Gasteiger partial charge in [0.05, 0.1) is 6.61 Å². The monoisotopic (exact) mass is 273 g/mol. The third-order valence-electron chi connectivity index (χ3n) is 3.19. The number of amides is 1. The van der Waals surface area contributed by atoms with Crippen LogP contribution >= 0.6 is 0 Å². The van der Waals surface area contributed by atoms with Gasteiger partial charge in [-0.2, -0.15) is 0 Å². The molecule has 0 bridgehead atoms. The van der Waals surface area contributed by atoms with Crippen LogP contribution < -0.4 is 0 Å². The third-order valence-corrected chi connectivity index (χ3v) is 3.19. The van der Waals surface area contributed by atoms with Gasteiger partial charge in [-0.25, -0.2) is 0 Å². The zero-order chi connectivity index (χ0) is 15.0. The van der Waals surface area contributed by atoms with Gasteiger partial charge in [0.15, 0.2) is 0 Å². The molecule has 0 radical (unpaired) electrons.